The Kier molecular flexibility index (Phi) is 4.71. The Bertz CT molecular complexity index is 823. The van der Waals surface area contributed by atoms with Crippen molar-refractivity contribution in [2.45, 2.75) is 25.9 Å². The van der Waals surface area contributed by atoms with Crippen LogP contribution in [-0.4, -0.2) is 43.0 Å². The van der Waals surface area contributed by atoms with Crippen LogP contribution in [0.5, 0.6) is 0 Å². The molecule has 0 bridgehead atoms. The van der Waals surface area contributed by atoms with Crippen molar-refractivity contribution in [1.29, 1.82) is 0 Å². The van der Waals surface area contributed by atoms with Gasteiger partial charge in [0.15, 0.2) is 9.84 Å². The van der Waals surface area contributed by atoms with Gasteiger partial charge in [0.25, 0.3) is 0 Å². The van der Waals surface area contributed by atoms with E-state index in [0.29, 0.717) is 18.9 Å². The molecule has 0 aliphatic carbocycles. The summed E-state index contributed by atoms with van der Waals surface area (Å²) in [5.74, 6) is 1.73. The van der Waals surface area contributed by atoms with E-state index in [9.17, 15) is 8.42 Å². The number of hydrogen-bond acceptors (Lipinski definition) is 6. The van der Waals surface area contributed by atoms with Crippen molar-refractivity contribution in [3.05, 3.63) is 47.7 Å². The fraction of sp³-hybridized carbons (Fsp3) is 0.412. The zero-order valence-electron chi connectivity index (χ0n) is 13.9. The lowest BCUT2D eigenvalue weighted by Crippen LogP contribution is -2.33. The summed E-state index contributed by atoms with van der Waals surface area (Å²) in [6.07, 6.45) is 2.34. The van der Waals surface area contributed by atoms with Crippen LogP contribution in [0, 0.1) is 6.92 Å². The summed E-state index contributed by atoms with van der Waals surface area (Å²) < 4.78 is 23.3. The van der Waals surface area contributed by atoms with E-state index in [1.54, 1.807) is 6.20 Å². The molecule has 1 aromatic carbocycles. The Hall–Kier alpha value is -2.15. The van der Waals surface area contributed by atoms with Crippen molar-refractivity contribution in [2.24, 2.45) is 0 Å². The molecule has 2 heterocycles. The van der Waals surface area contributed by atoms with E-state index in [4.69, 9.17) is 0 Å². The number of hydrogen-bond donors (Lipinski definition) is 1. The predicted molar refractivity (Wildman–Crippen MR) is 96.0 cm³/mol. The molecule has 0 radical (unpaired) electrons. The summed E-state index contributed by atoms with van der Waals surface area (Å²) in [4.78, 5) is 10.7. The zero-order chi connectivity index (χ0) is 17.2. The second-order valence-corrected chi connectivity index (χ2v) is 8.48. The molecule has 1 saturated heterocycles. The lowest BCUT2D eigenvalue weighted by Gasteiger charge is -2.24. The average molecular weight is 346 g/mol. The highest BCUT2D eigenvalue weighted by molar-refractivity contribution is 7.91. The number of rotatable bonds is 5. The fourth-order valence-corrected chi connectivity index (χ4v) is 4.68. The van der Waals surface area contributed by atoms with E-state index in [2.05, 4.69) is 40.4 Å². The van der Waals surface area contributed by atoms with Crippen molar-refractivity contribution in [1.82, 2.24) is 9.97 Å². The van der Waals surface area contributed by atoms with Crippen LogP contribution in [0.4, 0.5) is 11.8 Å². The maximum atomic E-state index is 11.7. The highest BCUT2D eigenvalue weighted by atomic mass is 32.2. The van der Waals surface area contributed by atoms with Crippen LogP contribution in [-0.2, 0) is 16.4 Å². The Labute approximate surface area is 142 Å². The van der Waals surface area contributed by atoms with Crippen LogP contribution in [0.3, 0.4) is 0 Å². The molecule has 6 nitrogen and oxygen atoms in total. The standard InChI is InChI=1S/C17H22N4O2S/c1-13-4-3-5-14(10-13)11-19-17-18-8-6-16(20-17)21(2)15-7-9-24(22,23)12-15/h3-6,8,10,15H,7,9,11-12H2,1-2H3,(H,18,19,20). The number of nitrogens with zero attached hydrogens (tertiary/aromatic N) is 3. The normalized spacial score (nSPS) is 19.2. The van der Waals surface area contributed by atoms with Gasteiger partial charge in [-0.15, -0.1) is 0 Å². The van der Waals surface area contributed by atoms with Crippen LogP contribution in [0.25, 0.3) is 0 Å². The van der Waals surface area contributed by atoms with Crippen molar-refractivity contribution in [3.63, 3.8) is 0 Å². The van der Waals surface area contributed by atoms with Gasteiger partial charge in [0.1, 0.15) is 5.82 Å². The zero-order valence-corrected chi connectivity index (χ0v) is 14.8. The van der Waals surface area contributed by atoms with Gasteiger partial charge in [0, 0.05) is 25.8 Å². The van der Waals surface area contributed by atoms with E-state index in [1.807, 2.05) is 24.1 Å². The lowest BCUT2D eigenvalue weighted by molar-refractivity contribution is 0.600. The molecular formula is C17H22N4O2S. The maximum Gasteiger partial charge on any atom is 0.224 e. The topological polar surface area (TPSA) is 75.2 Å². The first-order chi connectivity index (χ1) is 11.4. The van der Waals surface area contributed by atoms with Gasteiger partial charge in [-0.3, -0.25) is 0 Å². The first kappa shape index (κ1) is 16.7. The van der Waals surface area contributed by atoms with E-state index in [0.717, 1.165) is 5.82 Å². The molecule has 24 heavy (non-hydrogen) atoms. The summed E-state index contributed by atoms with van der Waals surface area (Å²) in [6.45, 7) is 2.71. The summed E-state index contributed by atoms with van der Waals surface area (Å²) in [6, 6.07) is 10.0. The van der Waals surface area contributed by atoms with Gasteiger partial charge in [-0.2, -0.15) is 4.98 Å². The monoisotopic (exact) mass is 346 g/mol. The number of anilines is 2. The van der Waals surface area contributed by atoms with E-state index in [-0.39, 0.29) is 17.5 Å². The van der Waals surface area contributed by atoms with Crippen molar-refractivity contribution in [2.75, 3.05) is 28.8 Å². The highest BCUT2D eigenvalue weighted by Crippen LogP contribution is 2.21. The van der Waals surface area contributed by atoms with Crippen LogP contribution in [0.2, 0.25) is 0 Å². The number of aryl methyl sites for hydroxylation is 1. The number of sulfone groups is 1. The quantitative estimate of drug-likeness (QED) is 0.893. The van der Waals surface area contributed by atoms with Gasteiger partial charge in [0.05, 0.1) is 11.5 Å². The summed E-state index contributed by atoms with van der Waals surface area (Å²) in [5, 5.41) is 3.22. The Morgan fingerprint density at radius 1 is 1.33 bits per heavy atom. The van der Waals surface area contributed by atoms with Crippen molar-refractivity contribution >= 4 is 21.6 Å². The second kappa shape index (κ2) is 6.76. The number of benzene rings is 1. The molecule has 7 heteroatoms. The average Bonchev–Trinajstić information content (AvgIpc) is 2.93. The Morgan fingerprint density at radius 2 is 2.17 bits per heavy atom. The van der Waals surface area contributed by atoms with Gasteiger partial charge >= 0.3 is 0 Å². The maximum absolute atomic E-state index is 11.7. The smallest absolute Gasteiger partial charge is 0.224 e. The molecule has 1 aromatic heterocycles. The minimum Gasteiger partial charge on any atom is -0.355 e. The van der Waals surface area contributed by atoms with Crippen LogP contribution in [0.15, 0.2) is 36.5 Å². The molecule has 1 N–H and O–H groups in total. The molecule has 1 atom stereocenters. The predicted octanol–water partition coefficient (Wildman–Crippen LogP) is 2.02. The van der Waals surface area contributed by atoms with Gasteiger partial charge in [-0.05, 0) is 25.0 Å². The van der Waals surface area contributed by atoms with Crippen molar-refractivity contribution in [3.8, 4) is 0 Å². The molecule has 128 valence electrons. The number of nitrogens with one attached hydrogen (secondary N) is 1. The summed E-state index contributed by atoms with van der Waals surface area (Å²) >= 11 is 0. The van der Waals surface area contributed by atoms with Crippen LogP contribution in [0.1, 0.15) is 17.5 Å². The lowest BCUT2D eigenvalue weighted by atomic mass is 10.1. The van der Waals surface area contributed by atoms with E-state index >= 15 is 0 Å². The summed E-state index contributed by atoms with van der Waals surface area (Å²) in [7, 11) is -1.02. The first-order valence-corrected chi connectivity index (χ1v) is 9.81. The molecule has 1 unspecified atom stereocenters. The molecule has 1 aliphatic rings. The van der Waals surface area contributed by atoms with E-state index < -0.39 is 9.84 Å². The molecule has 0 spiro atoms. The summed E-state index contributed by atoms with van der Waals surface area (Å²) in [5.41, 5.74) is 2.38. The third kappa shape index (κ3) is 4.03. The molecule has 1 fully saturated rings. The molecule has 0 saturated carbocycles. The highest BCUT2D eigenvalue weighted by Gasteiger charge is 2.31. The molecule has 0 amide bonds. The Morgan fingerprint density at radius 3 is 2.88 bits per heavy atom. The third-order valence-electron chi connectivity index (χ3n) is 4.29. The molecule has 2 aromatic rings. The van der Waals surface area contributed by atoms with Gasteiger partial charge < -0.3 is 10.2 Å². The minimum atomic E-state index is -2.91. The van der Waals surface area contributed by atoms with Gasteiger partial charge in [0.2, 0.25) is 5.95 Å². The Balaban J connectivity index is 1.67. The molecule has 3 rings (SSSR count). The van der Waals surface area contributed by atoms with Crippen molar-refractivity contribution < 1.29 is 8.42 Å². The third-order valence-corrected chi connectivity index (χ3v) is 6.04. The second-order valence-electron chi connectivity index (χ2n) is 6.25. The molecule has 1 aliphatic heterocycles. The number of aromatic nitrogens is 2. The first-order valence-electron chi connectivity index (χ1n) is 7.99. The largest absolute Gasteiger partial charge is 0.355 e. The van der Waals surface area contributed by atoms with Crippen LogP contribution < -0.4 is 10.2 Å². The minimum absolute atomic E-state index is 0.0190. The fourth-order valence-electron chi connectivity index (χ4n) is 2.90. The van der Waals surface area contributed by atoms with Gasteiger partial charge in [-0.25, -0.2) is 13.4 Å². The SMILES string of the molecule is Cc1cccc(CNc2nccc(N(C)C3CCS(=O)(=O)C3)n2)c1. The molecular weight excluding hydrogens is 324 g/mol. The van der Waals surface area contributed by atoms with Crippen LogP contribution >= 0.6 is 0 Å². The van der Waals surface area contributed by atoms with Gasteiger partial charge in [-0.1, -0.05) is 29.8 Å². The van der Waals surface area contributed by atoms with E-state index in [1.165, 1.54) is 11.1 Å².